The first-order chi connectivity index (χ1) is 17.8. The highest BCUT2D eigenvalue weighted by atomic mass is 16.5. The molecule has 1 saturated carbocycles. The van der Waals surface area contributed by atoms with E-state index >= 15 is 4.79 Å². The summed E-state index contributed by atoms with van der Waals surface area (Å²) in [6.07, 6.45) is 7.83. The first-order valence-corrected chi connectivity index (χ1v) is 13.6. The van der Waals surface area contributed by atoms with Gasteiger partial charge < -0.3 is 4.74 Å². The van der Waals surface area contributed by atoms with Crippen molar-refractivity contribution in [1.82, 2.24) is 0 Å². The molecular formula is C34H44O4. The second kappa shape index (κ2) is 11.0. The van der Waals surface area contributed by atoms with Gasteiger partial charge >= 0.3 is 0 Å². The largest absolute Gasteiger partial charge is 0.499 e. The number of Topliss-reactive ketones (excluding diaryl/α,β-unsaturated/α-hetero) is 3. The molecule has 0 N–H and O–H groups in total. The van der Waals surface area contributed by atoms with Crippen LogP contribution in [0.4, 0.5) is 0 Å². The highest BCUT2D eigenvalue weighted by molar-refractivity contribution is 6.30. The molecule has 0 amide bonds. The number of carbonyl (C=O) groups is 3. The Morgan fingerprint density at radius 1 is 0.921 bits per heavy atom. The molecule has 2 aliphatic rings. The Labute approximate surface area is 228 Å². The lowest BCUT2D eigenvalue weighted by Crippen LogP contribution is -2.68. The number of ketones is 3. The number of methoxy groups -OCH3 is 1. The maximum atomic E-state index is 15.0. The van der Waals surface area contributed by atoms with Crippen LogP contribution < -0.4 is 0 Å². The minimum absolute atomic E-state index is 0.0903. The maximum Gasteiger partial charge on any atom is 0.184 e. The number of rotatable bonds is 9. The lowest BCUT2D eigenvalue weighted by Gasteiger charge is -2.60. The second-order valence-corrected chi connectivity index (χ2v) is 12.3. The van der Waals surface area contributed by atoms with Crippen molar-refractivity contribution < 1.29 is 19.1 Å². The SMILES string of the molecule is COC1=C(CC=C(C)C)C(=O)[C@]2(CC=C(C)C)C[C@@H](CC=C(C)C)C(C)(C)[C@@]1(C(=O)c1ccccc1)C2=O. The number of ether oxygens (including phenoxy) is 1. The number of benzene rings is 1. The van der Waals surface area contributed by atoms with E-state index in [0.717, 1.165) is 11.1 Å². The van der Waals surface area contributed by atoms with Gasteiger partial charge in [-0.05, 0) is 78.6 Å². The highest BCUT2D eigenvalue weighted by Crippen LogP contribution is 2.67. The van der Waals surface area contributed by atoms with Gasteiger partial charge in [-0.15, -0.1) is 0 Å². The fourth-order valence-corrected chi connectivity index (χ4v) is 6.41. The van der Waals surface area contributed by atoms with Gasteiger partial charge in [0.25, 0.3) is 0 Å². The standard InChI is InChI=1S/C34H44O4/c1-22(2)15-17-26-21-33(20-19-24(5)6)29(36)27(18-16-23(3)4)30(38-9)34(31(33)37,32(26,7)8)28(35)25-13-11-10-12-14-25/h10-16,19,26H,17-18,20-21H2,1-9H3/t26-,33+,34-/m1/s1. The molecule has 3 rings (SSSR count). The van der Waals surface area contributed by atoms with E-state index in [9.17, 15) is 9.59 Å². The van der Waals surface area contributed by atoms with Gasteiger partial charge in [0, 0.05) is 11.1 Å². The second-order valence-electron chi connectivity index (χ2n) is 12.3. The molecule has 4 heteroatoms. The Bertz CT molecular complexity index is 1230. The van der Waals surface area contributed by atoms with Crippen molar-refractivity contribution in [3.8, 4) is 0 Å². The van der Waals surface area contributed by atoms with Gasteiger partial charge in [0.2, 0.25) is 0 Å². The van der Waals surface area contributed by atoms with Crippen molar-refractivity contribution >= 4 is 17.3 Å². The monoisotopic (exact) mass is 516 g/mol. The molecule has 0 radical (unpaired) electrons. The lowest BCUT2D eigenvalue weighted by atomic mass is 9.39. The zero-order valence-corrected chi connectivity index (χ0v) is 24.7. The van der Waals surface area contributed by atoms with E-state index in [1.807, 2.05) is 71.9 Å². The minimum Gasteiger partial charge on any atom is -0.499 e. The van der Waals surface area contributed by atoms with Crippen LogP contribution in [0.3, 0.4) is 0 Å². The van der Waals surface area contributed by atoms with E-state index < -0.39 is 16.2 Å². The highest BCUT2D eigenvalue weighted by Gasteiger charge is 2.74. The van der Waals surface area contributed by atoms with Crippen LogP contribution in [0, 0.1) is 22.2 Å². The smallest absolute Gasteiger partial charge is 0.184 e. The Kier molecular flexibility index (Phi) is 8.55. The van der Waals surface area contributed by atoms with E-state index in [4.69, 9.17) is 4.74 Å². The molecule has 1 aromatic carbocycles. The Morgan fingerprint density at radius 3 is 2.03 bits per heavy atom. The van der Waals surface area contributed by atoms with Gasteiger partial charge in [0.1, 0.15) is 5.76 Å². The summed E-state index contributed by atoms with van der Waals surface area (Å²) in [4.78, 5) is 44.3. The first kappa shape index (κ1) is 29.5. The first-order valence-electron chi connectivity index (χ1n) is 13.6. The average Bonchev–Trinajstić information content (AvgIpc) is 2.85. The van der Waals surface area contributed by atoms with Crippen LogP contribution in [-0.4, -0.2) is 24.5 Å². The van der Waals surface area contributed by atoms with Crippen LogP contribution in [0.5, 0.6) is 0 Å². The summed E-state index contributed by atoms with van der Waals surface area (Å²) in [5.41, 5.74) is 0.442. The molecule has 0 heterocycles. The molecule has 38 heavy (non-hydrogen) atoms. The minimum atomic E-state index is -1.62. The summed E-state index contributed by atoms with van der Waals surface area (Å²) in [6.45, 7) is 16.1. The van der Waals surface area contributed by atoms with Crippen LogP contribution >= 0.6 is 0 Å². The summed E-state index contributed by atoms with van der Waals surface area (Å²) in [7, 11) is 1.50. The Morgan fingerprint density at radius 2 is 1.50 bits per heavy atom. The summed E-state index contributed by atoms with van der Waals surface area (Å²) in [5, 5.41) is 0. The van der Waals surface area contributed by atoms with E-state index in [2.05, 4.69) is 19.9 Å². The molecule has 4 nitrogen and oxygen atoms in total. The van der Waals surface area contributed by atoms with E-state index in [1.165, 1.54) is 12.7 Å². The molecule has 1 aromatic rings. The number of fused-ring (bicyclic) bond motifs is 2. The third kappa shape index (κ3) is 4.67. The van der Waals surface area contributed by atoms with Gasteiger partial charge in [0.15, 0.2) is 22.8 Å². The molecule has 0 saturated heterocycles. The third-order valence-corrected chi connectivity index (χ3v) is 8.65. The Hall–Kier alpha value is -3.01. The van der Waals surface area contributed by atoms with Crippen LogP contribution in [0.2, 0.25) is 0 Å². The van der Waals surface area contributed by atoms with Crippen LogP contribution in [0.25, 0.3) is 0 Å². The van der Waals surface area contributed by atoms with Crippen molar-refractivity contribution in [2.75, 3.05) is 7.11 Å². The quantitative estimate of drug-likeness (QED) is 0.189. The topological polar surface area (TPSA) is 60.4 Å². The summed E-state index contributed by atoms with van der Waals surface area (Å²) in [6, 6.07) is 9.01. The molecule has 1 fully saturated rings. The van der Waals surface area contributed by atoms with Crippen LogP contribution in [-0.2, 0) is 14.3 Å². The van der Waals surface area contributed by atoms with Crippen molar-refractivity contribution in [3.05, 3.63) is 82.2 Å². The van der Waals surface area contributed by atoms with E-state index in [1.54, 1.807) is 12.1 Å². The predicted molar refractivity (Wildman–Crippen MR) is 154 cm³/mol. The summed E-state index contributed by atoms with van der Waals surface area (Å²) >= 11 is 0. The van der Waals surface area contributed by atoms with Crippen molar-refractivity contribution in [2.45, 2.75) is 81.1 Å². The van der Waals surface area contributed by atoms with Crippen LogP contribution in [0.15, 0.2) is 76.6 Å². The zero-order chi connectivity index (χ0) is 28.5. The van der Waals surface area contributed by atoms with E-state index in [0.29, 0.717) is 30.4 Å². The summed E-state index contributed by atoms with van der Waals surface area (Å²) < 4.78 is 6.05. The number of hydrogen-bond acceptors (Lipinski definition) is 4. The van der Waals surface area contributed by atoms with Gasteiger partial charge in [-0.1, -0.05) is 79.1 Å². The van der Waals surface area contributed by atoms with Crippen molar-refractivity contribution in [1.29, 1.82) is 0 Å². The van der Waals surface area contributed by atoms with E-state index in [-0.39, 0.29) is 35.4 Å². The number of allylic oxidation sites excluding steroid dienone is 8. The molecule has 2 aliphatic carbocycles. The average molecular weight is 517 g/mol. The third-order valence-electron chi connectivity index (χ3n) is 8.65. The van der Waals surface area contributed by atoms with Gasteiger partial charge in [-0.3, -0.25) is 14.4 Å². The number of hydrogen-bond donors (Lipinski definition) is 0. The fraction of sp³-hybridized carbons (Fsp3) is 0.500. The Balaban J connectivity index is 2.51. The molecule has 0 aliphatic heterocycles. The lowest BCUT2D eigenvalue weighted by molar-refractivity contribution is -0.164. The van der Waals surface area contributed by atoms with Crippen molar-refractivity contribution in [2.24, 2.45) is 22.2 Å². The normalized spacial score (nSPS) is 26.0. The molecular weight excluding hydrogens is 472 g/mol. The van der Waals surface area contributed by atoms with Crippen LogP contribution in [0.1, 0.15) is 91.4 Å². The number of carbonyl (C=O) groups excluding carboxylic acids is 3. The van der Waals surface area contributed by atoms with Crippen molar-refractivity contribution in [3.63, 3.8) is 0 Å². The molecule has 0 unspecified atom stereocenters. The molecule has 2 bridgehead atoms. The summed E-state index contributed by atoms with van der Waals surface area (Å²) in [5.74, 6) is -0.636. The van der Waals surface area contributed by atoms with Gasteiger partial charge in [-0.25, -0.2) is 0 Å². The fourth-order valence-electron chi connectivity index (χ4n) is 6.41. The molecule has 0 spiro atoms. The molecule has 0 aromatic heterocycles. The predicted octanol–water partition coefficient (Wildman–Crippen LogP) is 8.01. The maximum absolute atomic E-state index is 15.0. The van der Waals surface area contributed by atoms with Gasteiger partial charge in [0.05, 0.1) is 12.5 Å². The molecule has 3 atom stereocenters. The molecule has 204 valence electrons. The zero-order valence-electron chi connectivity index (χ0n) is 24.7. The van der Waals surface area contributed by atoms with Gasteiger partial charge in [-0.2, -0.15) is 0 Å².